The van der Waals surface area contributed by atoms with Crippen molar-refractivity contribution in [3.8, 4) is 0 Å². The molecule has 1 fully saturated rings. The van der Waals surface area contributed by atoms with E-state index in [2.05, 4.69) is 43.5 Å². The summed E-state index contributed by atoms with van der Waals surface area (Å²) in [5.41, 5.74) is 2.44. The molecule has 7 heteroatoms. The highest BCUT2D eigenvalue weighted by Gasteiger charge is 2.28. The minimum absolute atomic E-state index is 0.00897. The third-order valence-corrected chi connectivity index (χ3v) is 6.06. The molecule has 1 N–H and O–H groups in total. The first kappa shape index (κ1) is 17.9. The maximum Gasteiger partial charge on any atom is 0.225 e. The van der Waals surface area contributed by atoms with Crippen LogP contribution in [0.5, 0.6) is 0 Å². The molecule has 4 rings (SSSR count). The molecule has 1 amide bonds. The quantitative estimate of drug-likeness (QED) is 0.732. The minimum Gasteiger partial charge on any atom is -0.369 e. The third kappa shape index (κ3) is 3.93. The summed E-state index contributed by atoms with van der Waals surface area (Å²) in [5.74, 6) is 0.138. The van der Waals surface area contributed by atoms with E-state index in [1.165, 1.54) is 4.88 Å². The first-order valence-corrected chi connectivity index (χ1v) is 10.3. The predicted octanol–water partition coefficient (Wildman–Crippen LogP) is 3.57. The summed E-state index contributed by atoms with van der Waals surface area (Å²) >= 11 is 1.70. The Morgan fingerprint density at radius 3 is 3.07 bits per heavy atom. The Hall–Kier alpha value is -2.54. The van der Waals surface area contributed by atoms with Gasteiger partial charge in [-0.3, -0.25) is 9.78 Å². The highest BCUT2D eigenvalue weighted by atomic mass is 32.1. The highest BCUT2D eigenvalue weighted by Crippen LogP contribution is 2.26. The number of piperidine rings is 1. The summed E-state index contributed by atoms with van der Waals surface area (Å²) in [5, 5.41) is 5.30. The second-order valence-electron chi connectivity index (χ2n) is 6.86. The summed E-state index contributed by atoms with van der Waals surface area (Å²) in [7, 11) is 0. The number of carbonyl (C=O) groups is 1. The van der Waals surface area contributed by atoms with E-state index in [0.29, 0.717) is 12.2 Å². The number of pyridine rings is 1. The van der Waals surface area contributed by atoms with Crippen molar-refractivity contribution in [2.24, 2.45) is 5.92 Å². The van der Waals surface area contributed by atoms with Crippen molar-refractivity contribution in [2.45, 2.75) is 32.2 Å². The number of thiophene rings is 1. The van der Waals surface area contributed by atoms with Gasteiger partial charge in [-0.05, 0) is 36.8 Å². The van der Waals surface area contributed by atoms with E-state index in [-0.39, 0.29) is 17.9 Å². The molecule has 0 aliphatic carbocycles. The Morgan fingerprint density at radius 2 is 2.26 bits per heavy atom. The minimum atomic E-state index is -0.00897. The molecule has 27 heavy (non-hydrogen) atoms. The maximum atomic E-state index is 12.9. The summed E-state index contributed by atoms with van der Waals surface area (Å²) in [6.45, 7) is 3.75. The fourth-order valence-electron chi connectivity index (χ4n) is 3.60. The van der Waals surface area contributed by atoms with Crippen LogP contribution in [-0.4, -0.2) is 33.9 Å². The topological polar surface area (TPSA) is 71.0 Å². The van der Waals surface area contributed by atoms with Gasteiger partial charge in [0.15, 0.2) is 5.65 Å². The maximum absolute atomic E-state index is 12.9. The van der Waals surface area contributed by atoms with E-state index in [0.717, 1.165) is 37.0 Å². The molecule has 3 aromatic rings. The van der Waals surface area contributed by atoms with Crippen LogP contribution in [0.1, 0.15) is 37.1 Å². The molecule has 0 aromatic carbocycles. The zero-order valence-corrected chi connectivity index (χ0v) is 16.2. The lowest BCUT2D eigenvalue weighted by Gasteiger charge is -2.34. The van der Waals surface area contributed by atoms with E-state index < -0.39 is 0 Å². The lowest BCUT2D eigenvalue weighted by molar-refractivity contribution is -0.126. The number of carbonyl (C=O) groups excluding carboxylic acids is 1. The van der Waals surface area contributed by atoms with E-state index in [4.69, 9.17) is 0 Å². The van der Waals surface area contributed by atoms with E-state index in [1.807, 2.05) is 18.3 Å². The number of hydrogen-bond acceptors (Lipinski definition) is 6. The van der Waals surface area contributed by atoms with Gasteiger partial charge in [0.25, 0.3) is 0 Å². The second-order valence-corrected chi connectivity index (χ2v) is 7.84. The molecule has 0 bridgehead atoms. The second kappa shape index (κ2) is 8.00. The Kier molecular flexibility index (Phi) is 5.29. The Morgan fingerprint density at radius 1 is 1.37 bits per heavy atom. The number of hydrogen-bond donors (Lipinski definition) is 1. The number of nitrogens with zero attached hydrogens (tertiary/aromatic N) is 4. The van der Waals surface area contributed by atoms with Crippen molar-refractivity contribution in [1.29, 1.82) is 0 Å². The molecule has 0 spiro atoms. The van der Waals surface area contributed by atoms with Crippen LogP contribution >= 0.6 is 11.3 Å². The number of rotatable bonds is 5. The zero-order valence-electron chi connectivity index (χ0n) is 15.3. The molecule has 140 valence electrons. The van der Waals surface area contributed by atoms with Crippen LogP contribution in [0.15, 0.2) is 42.2 Å². The molecular formula is C20H23N5OS. The molecule has 4 heterocycles. The number of fused-ring (bicyclic) bond motifs is 1. The first-order chi connectivity index (χ1) is 13.2. The Balaban J connectivity index is 1.46. The number of amides is 1. The van der Waals surface area contributed by atoms with E-state index in [1.54, 1.807) is 23.7 Å². The van der Waals surface area contributed by atoms with Crippen molar-refractivity contribution in [3.63, 3.8) is 0 Å². The smallest absolute Gasteiger partial charge is 0.225 e. The molecule has 0 radical (unpaired) electrons. The van der Waals surface area contributed by atoms with Crippen LogP contribution in [0.3, 0.4) is 0 Å². The van der Waals surface area contributed by atoms with Gasteiger partial charge in [-0.1, -0.05) is 13.0 Å². The van der Waals surface area contributed by atoms with E-state index >= 15 is 0 Å². The average Bonchev–Trinajstić information content (AvgIpc) is 3.26. The van der Waals surface area contributed by atoms with Gasteiger partial charge in [0.1, 0.15) is 5.52 Å². The van der Waals surface area contributed by atoms with Gasteiger partial charge in [-0.15, -0.1) is 11.3 Å². The Labute approximate surface area is 162 Å². The number of anilines is 1. The standard InChI is InChI=1S/C20H23N5OS/c1-2-16(18-6-4-10-27-18)24-20(26)14-5-3-9-25(13-14)15-11-17-19(23-12-15)22-8-7-21-17/h4,6-8,10-12,14,16H,2-3,5,9,13H2,1H3,(H,24,26)/t14-,16-/m0/s1. The van der Waals surface area contributed by atoms with Crippen LogP contribution in [0.4, 0.5) is 5.69 Å². The van der Waals surface area contributed by atoms with Gasteiger partial charge in [-0.25, -0.2) is 9.97 Å². The van der Waals surface area contributed by atoms with E-state index in [9.17, 15) is 4.79 Å². The van der Waals surface area contributed by atoms with Crippen molar-refractivity contribution in [3.05, 3.63) is 47.0 Å². The van der Waals surface area contributed by atoms with Crippen molar-refractivity contribution < 1.29 is 4.79 Å². The SMILES string of the molecule is CC[C@H](NC(=O)[C@H]1CCCN(c2cnc3nccnc3c2)C1)c1cccs1. The first-order valence-electron chi connectivity index (χ1n) is 9.40. The largest absolute Gasteiger partial charge is 0.369 e. The summed E-state index contributed by atoms with van der Waals surface area (Å²) < 4.78 is 0. The van der Waals surface area contributed by atoms with Crippen molar-refractivity contribution >= 4 is 34.1 Å². The number of nitrogens with one attached hydrogen (secondary N) is 1. The monoisotopic (exact) mass is 381 g/mol. The molecule has 1 saturated heterocycles. The summed E-state index contributed by atoms with van der Waals surface area (Å²) in [6.07, 6.45) is 7.97. The summed E-state index contributed by atoms with van der Waals surface area (Å²) in [6, 6.07) is 6.24. The van der Waals surface area contributed by atoms with Gasteiger partial charge in [0.2, 0.25) is 5.91 Å². The molecule has 0 saturated carbocycles. The molecular weight excluding hydrogens is 358 g/mol. The van der Waals surface area contributed by atoms with Crippen molar-refractivity contribution in [2.75, 3.05) is 18.0 Å². The fraction of sp³-hybridized carbons (Fsp3) is 0.400. The third-order valence-electron chi connectivity index (χ3n) is 5.08. The normalized spacial score (nSPS) is 18.4. The lowest BCUT2D eigenvalue weighted by atomic mass is 9.96. The molecule has 1 aliphatic rings. The van der Waals surface area contributed by atoms with Gasteiger partial charge < -0.3 is 10.2 Å². The van der Waals surface area contributed by atoms with Crippen LogP contribution in [0.25, 0.3) is 11.2 Å². The van der Waals surface area contributed by atoms with Crippen LogP contribution < -0.4 is 10.2 Å². The molecule has 6 nitrogen and oxygen atoms in total. The van der Waals surface area contributed by atoms with Gasteiger partial charge in [0.05, 0.1) is 23.8 Å². The van der Waals surface area contributed by atoms with Gasteiger partial charge in [0, 0.05) is 30.4 Å². The van der Waals surface area contributed by atoms with Gasteiger partial charge in [-0.2, -0.15) is 0 Å². The molecule has 2 atom stereocenters. The van der Waals surface area contributed by atoms with Gasteiger partial charge >= 0.3 is 0 Å². The molecule has 0 unspecified atom stereocenters. The average molecular weight is 382 g/mol. The van der Waals surface area contributed by atoms with Crippen molar-refractivity contribution in [1.82, 2.24) is 20.3 Å². The predicted molar refractivity (Wildman–Crippen MR) is 108 cm³/mol. The van der Waals surface area contributed by atoms with Crippen LogP contribution in [-0.2, 0) is 4.79 Å². The molecule has 1 aliphatic heterocycles. The lowest BCUT2D eigenvalue weighted by Crippen LogP contribution is -2.44. The van der Waals surface area contributed by atoms with Crippen LogP contribution in [0, 0.1) is 5.92 Å². The highest BCUT2D eigenvalue weighted by molar-refractivity contribution is 7.10. The summed E-state index contributed by atoms with van der Waals surface area (Å²) in [4.78, 5) is 29.3. The zero-order chi connectivity index (χ0) is 18.6. The molecule has 3 aromatic heterocycles. The number of aromatic nitrogens is 3. The fourth-order valence-corrected chi connectivity index (χ4v) is 4.46. The Bertz CT molecular complexity index is 914. The van der Waals surface area contributed by atoms with Crippen LogP contribution in [0.2, 0.25) is 0 Å².